The van der Waals surface area contributed by atoms with Crippen LogP contribution < -0.4 is 5.73 Å². The number of nitrogen functional groups attached to an aromatic ring is 1. The smallest absolute Gasteiger partial charge is 0.270 e. The summed E-state index contributed by atoms with van der Waals surface area (Å²) in [7, 11) is 0. The first-order valence-electron chi connectivity index (χ1n) is 4.29. The molecule has 0 atom stereocenters. The van der Waals surface area contributed by atoms with Crippen LogP contribution in [0.3, 0.4) is 0 Å². The molecule has 0 amide bonds. The maximum atomic E-state index is 10.5. The minimum atomic E-state index is -0.497. The quantitative estimate of drug-likeness (QED) is 0.328. The van der Waals surface area contributed by atoms with Crippen LogP contribution in [0.15, 0.2) is 23.2 Å². The van der Waals surface area contributed by atoms with E-state index in [9.17, 15) is 10.1 Å². The Morgan fingerprint density at radius 2 is 2.33 bits per heavy atom. The van der Waals surface area contributed by atoms with Crippen molar-refractivity contribution in [3.05, 3.63) is 33.9 Å². The molecule has 0 bridgehead atoms. The summed E-state index contributed by atoms with van der Waals surface area (Å²) in [6, 6.07) is 4.13. The molecule has 0 spiro atoms. The first-order valence-corrected chi connectivity index (χ1v) is 4.29. The number of nitrogens with two attached hydrogens (primary N) is 1. The third-order valence-electron chi connectivity index (χ3n) is 1.74. The minimum Gasteiger partial charge on any atom is -0.398 e. The van der Waals surface area contributed by atoms with E-state index >= 15 is 0 Å². The minimum absolute atomic E-state index is 0.0327. The van der Waals surface area contributed by atoms with Crippen LogP contribution in [0.4, 0.5) is 11.4 Å². The van der Waals surface area contributed by atoms with Crippen molar-refractivity contribution >= 4 is 17.6 Å². The van der Waals surface area contributed by atoms with Crippen molar-refractivity contribution in [1.82, 2.24) is 0 Å². The van der Waals surface area contributed by atoms with Crippen molar-refractivity contribution in [3.8, 4) is 0 Å². The maximum Gasteiger partial charge on any atom is 0.270 e. The van der Waals surface area contributed by atoms with Gasteiger partial charge in [-0.15, -0.1) is 0 Å². The topological polar surface area (TPSA) is 102 Å². The van der Waals surface area contributed by atoms with Crippen LogP contribution in [0.2, 0.25) is 0 Å². The molecule has 0 heterocycles. The van der Waals surface area contributed by atoms with Gasteiger partial charge in [-0.3, -0.25) is 15.1 Å². The number of aliphatic hydroxyl groups is 1. The fourth-order valence-electron chi connectivity index (χ4n) is 1.01. The lowest BCUT2D eigenvalue weighted by Gasteiger charge is -1.99. The van der Waals surface area contributed by atoms with E-state index in [-0.39, 0.29) is 18.8 Å². The molecule has 15 heavy (non-hydrogen) atoms. The molecule has 0 saturated heterocycles. The average Bonchev–Trinajstić information content (AvgIpc) is 2.20. The highest BCUT2D eigenvalue weighted by molar-refractivity contribution is 5.87. The highest BCUT2D eigenvalue weighted by Crippen LogP contribution is 2.17. The summed E-state index contributed by atoms with van der Waals surface area (Å²) in [6.07, 6.45) is 1.42. The Hall–Kier alpha value is -1.95. The molecule has 0 aromatic heterocycles. The summed E-state index contributed by atoms with van der Waals surface area (Å²) in [4.78, 5) is 13.8. The highest BCUT2D eigenvalue weighted by Gasteiger charge is 2.07. The van der Waals surface area contributed by atoms with Crippen molar-refractivity contribution < 1.29 is 10.0 Å². The first-order chi connectivity index (χ1) is 7.15. The number of nitro benzene ring substituents is 1. The van der Waals surface area contributed by atoms with Gasteiger partial charge in [0.1, 0.15) is 0 Å². The lowest BCUT2D eigenvalue weighted by atomic mass is 10.2. The van der Waals surface area contributed by atoms with Gasteiger partial charge >= 0.3 is 0 Å². The number of hydrogen-bond acceptors (Lipinski definition) is 5. The third kappa shape index (κ3) is 3.03. The number of aliphatic hydroxyl groups excluding tert-OH is 1. The fraction of sp³-hybridized carbons (Fsp3) is 0.222. The van der Waals surface area contributed by atoms with Crippen LogP contribution in [-0.2, 0) is 0 Å². The number of anilines is 1. The Kier molecular flexibility index (Phi) is 3.75. The van der Waals surface area contributed by atoms with Gasteiger partial charge < -0.3 is 10.8 Å². The molecule has 80 valence electrons. The van der Waals surface area contributed by atoms with Crippen molar-refractivity contribution in [3.63, 3.8) is 0 Å². The number of nitrogens with zero attached hydrogens (tertiary/aromatic N) is 2. The number of aliphatic imine (C=N–C) groups is 1. The number of non-ortho nitro benzene ring substituents is 1. The second-order valence-corrected chi connectivity index (χ2v) is 2.83. The van der Waals surface area contributed by atoms with Gasteiger partial charge in [-0.25, -0.2) is 0 Å². The van der Waals surface area contributed by atoms with E-state index in [0.717, 1.165) is 0 Å². The zero-order chi connectivity index (χ0) is 11.3. The molecule has 3 N–H and O–H groups in total. The van der Waals surface area contributed by atoms with E-state index in [2.05, 4.69) is 4.99 Å². The zero-order valence-electron chi connectivity index (χ0n) is 7.96. The molecule has 1 aromatic carbocycles. The van der Waals surface area contributed by atoms with Crippen LogP contribution in [0.1, 0.15) is 5.56 Å². The average molecular weight is 209 g/mol. The van der Waals surface area contributed by atoms with Crippen molar-refractivity contribution in [2.24, 2.45) is 4.99 Å². The van der Waals surface area contributed by atoms with Gasteiger partial charge in [-0.2, -0.15) is 0 Å². The molecule has 0 aliphatic heterocycles. The monoisotopic (exact) mass is 209 g/mol. The summed E-state index contributed by atoms with van der Waals surface area (Å²) in [5, 5.41) is 19.0. The molecule has 0 aliphatic rings. The summed E-state index contributed by atoms with van der Waals surface area (Å²) in [5.74, 6) is 0. The fourth-order valence-corrected chi connectivity index (χ4v) is 1.01. The second kappa shape index (κ2) is 5.06. The van der Waals surface area contributed by atoms with Gasteiger partial charge in [0.2, 0.25) is 0 Å². The normalized spacial score (nSPS) is 10.7. The molecule has 0 aliphatic carbocycles. The van der Waals surface area contributed by atoms with Gasteiger partial charge in [0, 0.05) is 29.6 Å². The van der Waals surface area contributed by atoms with Crippen molar-refractivity contribution in [2.75, 3.05) is 18.9 Å². The van der Waals surface area contributed by atoms with Gasteiger partial charge in [-0.05, 0) is 6.07 Å². The van der Waals surface area contributed by atoms with Crippen LogP contribution in [0.5, 0.6) is 0 Å². The predicted octanol–water partition coefficient (Wildman–Crippen LogP) is 0.588. The molecule has 6 nitrogen and oxygen atoms in total. The Morgan fingerprint density at radius 1 is 1.60 bits per heavy atom. The lowest BCUT2D eigenvalue weighted by Crippen LogP contribution is -1.97. The van der Waals surface area contributed by atoms with E-state index in [1.807, 2.05) is 0 Å². The Balaban J connectivity index is 2.95. The molecule has 0 fully saturated rings. The Morgan fingerprint density at radius 3 is 2.93 bits per heavy atom. The molecule has 0 unspecified atom stereocenters. The summed E-state index contributed by atoms with van der Waals surface area (Å²) < 4.78 is 0. The summed E-state index contributed by atoms with van der Waals surface area (Å²) in [5.41, 5.74) is 6.47. The zero-order valence-corrected chi connectivity index (χ0v) is 7.96. The second-order valence-electron chi connectivity index (χ2n) is 2.83. The van der Waals surface area contributed by atoms with E-state index < -0.39 is 4.92 Å². The summed E-state index contributed by atoms with van der Waals surface area (Å²) >= 11 is 0. The van der Waals surface area contributed by atoms with Crippen LogP contribution in [0.25, 0.3) is 0 Å². The third-order valence-corrected chi connectivity index (χ3v) is 1.74. The van der Waals surface area contributed by atoms with E-state index in [4.69, 9.17) is 10.8 Å². The standard InChI is InChI=1S/C9H11N3O3/c10-9-2-1-8(12(14)15)5-7(9)6-11-3-4-13/h1-2,5-6,13H,3-4,10H2. The van der Waals surface area contributed by atoms with Crippen molar-refractivity contribution in [2.45, 2.75) is 0 Å². The molecule has 0 saturated carbocycles. The van der Waals surface area contributed by atoms with Crippen LogP contribution in [0, 0.1) is 10.1 Å². The maximum absolute atomic E-state index is 10.5. The number of nitro groups is 1. The summed E-state index contributed by atoms with van der Waals surface area (Å²) in [6.45, 7) is 0.188. The van der Waals surface area contributed by atoms with E-state index in [1.165, 1.54) is 24.4 Å². The number of benzene rings is 1. The van der Waals surface area contributed by atoms with Crippen molar-refractivity contribution in [1.29, 1.82) is 0 Å². The molecular formula is C9H11N3O3. The molecule has 1 aromatic rings. The van der Waals surface area contributed by atoms with Crippen LogP contribution >= 0.6 is 0 Å². The molecule has 6 heteroatoms. The molecule has 1 rings (SSSR count). The molecular weight excluding hydrogens is 198 g/mol. The lowest BCUT2D eigenvalue weighted by molar-refractivity contribution is -0.384. The van der Waals surface area contributed by atoms with Gasteiger partial charge in [0.15, 0.2) is 0 Å². The van der Waals surface area contributed by atoms with Gasteiger partial charge in [0.05, 0.1) is 18.1 Å². The Labute approximate surface area is 86.2 Å². The first kappa shape index (κ1) is 11.1. The number of hydrogen-bond donors (Lipinski definition) is 2. The molecule has 0 radical (unpaired) electrons. The van der Waals surface area contributed by atoms with E-state index in [1.54, 1.807) is 0 Å². The van der Waals surface area contributed by atoms with Gasteiger partial charge in [-0.1, -0.05) is 0 Å². The largest absolute Gasteiger partial charge is 0.398 e. The number of rotatable bonds is 4. The van der Waals surface area contributed by atoms with Gasteiger partial charge in [0.25, 0.3) is 5.69 Å². The SMILES string of the molecule is Nc1ccc([N+](=O)[O-])cc1C=NCCO. The highest BCUT2D eigenvalue weighted by atomic mass is 16.6. The van der Waals surface area contributed by atoms with E-state index in [0.29, 0.717) is 11.3 Å². The Bertz CT molecular complexity index is 390. The predicted molar refractivity (Wildman–Crippen MR) is 57.1 cm³/mol. The van der Waals surface area contributed by atoms with Crippen LogP contribution in [-0.4, -0.2) is 29.4 Å².